The first kappa shape index (κ1) is 19.2. The van der Waals surface area contributed by atoms with Crippen molar-refractivity contribution in [2.24, 2.45) is 5.41 Å². The van der Waals surface area contributed by atoms with Crippen LogP contribution in [0.15, 0.2) is 75.7 Å². The second kappa shape index (κ2) is 6.61. The molecule has 0 radical (unpaired) electrons. The zero-order valence-electron chi connectivity index (χ0n) is 16.6. The molecule has 1 unspecified atom stereocenters. The van der Waals surface area contributed by atoms with Crippen molar-refractivity contribution in [3.05, 3.63) is 92.4 Å². The summed E-state index contributed by atoms with van der Waals surface area (Å²) in [7, 11) is 0. The van der Waals surface area contributed by atoms with Gasteiger partial charge in [-0.2, -0.15) is 0 Å². The monoisotopic (exact) mass is 462 g/mol. The predicted molar refractivity (Wildman–Crippen MR) is 115 cm³/mol. The number of halogens is 1. The predicted octanol–water partition coefficient (Wildman–Crippen LogP) is 5.54. The summed E-state index contributed by atoms with van der Waals surface area (Å²) in [5, 5.41) is 0. The summed E-state index contributed by atoms with van der Waals surface area (Å²) in [4.78, 5) is 40.1. The highest BCUT2D eigenvalue weighted by atomic mass is 79.9. The maximum Gasteiger partial charge on any atom is 0.229 e. The molecule has 2 aromatic rings. The first-order valence-corrected chi connectivity index (χ1v) is 10.7. The van der Waals surface area contributed by atoms with Crippen molar-refractivity contribution in [2.45, 2.75) is 32.6 Å². The van der Waals surface area contributed by atoms with Crippen molar-refractivity contribution in [3.63, 3.8) is 0 Å². The van der Waals surface area contributed by atoms with Crippen LogP contribution in [-0.2, 0) is 9.53 Å². The van der Waals surface area contributed by atoms with Gasteiger partial charge in [0.15, 0.2) is 17.3 Å². The van der Waals surface area contributed by atoms with Crippen LogP contribution in [0.25, 0.3) is 0 Å². The van der Waals surface area contributed by atoms with Crippen molar-refractivity contribution in [1.82, 2.24) is 0 Å². The molecular weight excluding hydrogens is 444 g/mol. The summed E-state index contributed by atoms with van der Waals surface area (Å²) in [6, 6.07) is 14.3. The van der Waals surface area contributed by atoms with Gasteiger partial charge in [0, 0.05) is 39.9 Å². The Kier molecular flexibility index (Phi) is 4.23. The van der Waals surface area contributed by atoms with Crippen LogP contribution in [0.3, 0.4) is 0 Å². The van der Waals surface area contributed by atoms with E-state index in [4.69, 9.17) is 4.74 Å². The van der Waals surface area contributed by atoms with Crippen molar-refractivity contribution in [1.29, 1.82) is 0 Å². The van der Waals surface area contributed by atoms with E-state index in [0.29, 0.717) is 35.3 Å². The standard InChI is InChI=1S/C25H19BrO4/c1-25(2)11-17(27)20-18(12-25)30-24-21(19(20)13-6-5-7-14(26)10-13)22(28)15-8-3-4-9-16(15)23(24)29/h3-10,19H,11-12H2,1-2H3. The van der Waals surface area contributed by atoms with Crippen LogP contribution in [-0.4, -0.2) is 17.3 Å². The van der Waals surface area contributed by atoms with E-state index in [9.17, 15) is 14.4 Å². The largest absolute Gasteiger partial charge is 0.457 e. The van der Waals surface area contributed by atoms with E-state index in [1.165, 1.54) is 0 Å². The fourth-order valence-electron chi connectivity index (χ4n) is 4.71. The Hall–Kier alpha value is -2.79. The summed E-state index contributed by atoms with van der Waals surface area (Å²) in [5.41, 5.74) is 2.00. The number of carbonyl (C=O) groups is 3. The molecule has 30 heavy (non-hydrogen) atoms. The number of allylic oxidation sites excluding steroid dienone is 4. The van der Waals surface area contributed by atoms with Gasteiger partial charge in [0.2, 0.25) is 5.78 Å². The number of carbonyl (C=O) groups excluding carboxylic acids is 3. The van der Waals surface area contributed by atoms with Crippen LogP contribution in [0.1, 0.15) is 58.9 Å². The fourth-order valence-corrected chi connectivity index (χ4v) is 5.13. The van der Waals surface area contributed by atoms with E-state index in [1.54, 1.807) is 24.3 Å². The molecule has 2 aliphatic carbocycles. The molecule has 0 fully saturated rings. The van der Waals surface area contributed by atoms with Crippen molar-refractivity contribution < 1.29 is 19.1 Å². The molecule has 5 heteroatoms. The van der Waals surface area contributed by atoms with Gasteiger partial charge < -0.3 is 4.74 Å². The third kappa shape index (κ3) is 2.83. The van der Waals surface area contributed by atoms with Crippen LogP contribution in [0, 0.1) is 5.41 Å². The lowest BCUT2D eigenvalue weighted by Gasteiger charge is -2.39. The molecule has 0 amide bonds. The Morgan fingerprint density at radius 3 is 2.30 bits per heavy atom. The molecule has 1 heterocycles. The van der Waals surface area contributed by atoms with Crippen LogP contribution < -0.4 is 0 Å². The zero-order chi connectivity index (χ0) is 21.2. The lowest BCUT2D eigenvalue weighted by molar-refractivity contribution is -0.119. The normalized spacial score (nSPS) is 22.4. The Balaban J connectivity index is 1.77. The van der Waals surface area contributed by atoms with Gasteiger partial charge in [-0.3, -0.25) is 14.4 Å². The first-order valence-electron chi connectivity index (χ1n) is 9.89. The molecule has 150 valence electrons. The fraction of sp³-hybridized carbons (Fsp3) is 0.240. The molecule has 5 rings (SSSR count). The van der Waals surface area contributed by atoms with Crippen molar-refractivity contribution in [2.75, 3.05) is 0 Å². The van der Waals surface area contributed by atoms with E-state index in [-0.39, 0.29) is 34.1 Å². The topological polar surface area (TPSA) is 60.4 Å². The summed E-state index contributed by atoms with van der Waals surface area (Å²) in [5.74, 6) is -0.628. The van der Waals surface area contributed by atoms with E-state index in [1.807, 2.05) is 38.1 Å². The molecular formula is C25H19BrO4. The molecule has 4 nitrogen and oxygen atoms in total. The molecule has 0 saturated carbocycles. The Labute approximate surface area is 182 Å². The third-order valence-corrected chi connectivity index (χ3v) is 6.47. The molecule has 1 atom stereocenters. The zero-order valence-corrected chi connectivity index (χ0v) is 18.2. The highest BCUT2D eigenvalue weighted by molar-refractivity contribution is 9.10. The van der Waals surface area contributed by atoms with Gasteiger partial charge in [0.25, 0.3) is 0 Å². The highest BCUT2D eigenvalue weighted by Crippen LogP contribution is 2.51. The van der Waals surface area contributed by atoms with Crippen LogP contribution >= 0.6 is 15.9 Å². The number of fused-ring (bicyclic) bond motifs is 1. The average Bonchev–Trinajstić information content (AvgIpc) is 2.69. The van der Waals surface area contributed by atoms with E-state index in [0.717, 1.165) is 10.0 Å². The molecule has 0 N–H and O–H groups in total. The third-order valence-electron chi connectivity index (χ3n) is 5.98. The van der Waals surface area contributed by atoms with Gasteiger partial charge in [-0.05, 0) is 23.1 Å². The van der Waals surface area contributed by atoms with E-state index >= 15 is 0 Å². The maximum absolute atomic E-state index is 13.5. The van der Waals surface area contributed by atoms with Crippen molar-refractivity contribution in [3.8, 4) is 0 Å². The lowest BCUT2D eigenvalue weighted by atomic mass is 9.67. The number of Topliss-reactive ketones (excluding diaryl/α,β-unsaturated/α-hetero) is 3. The van der Waals surface area contributed by atoms with Crippen molar-refractivity contribution >= 4 is 33.3 Å². The molecule has 3 aliphatic rings. The number of ketones is 3. The summed E-state index contributed by atoms with van der Waals surface area (Å²) in [6.45, 7) is 4.03. The summed E-state index contributed by atoms with van der Waals surface area (Å²) >= 11 is 3.49. The smallest absolute Gasteiger partial charge is 0.229 e. The molecule has 1 aliphatic heterocycles. The van der Waals surface area contributed by atoms with Gasteiger partial charge in [0.1, 0.15) is 5.76 Å². The lowest BCUT2D eigenvalue weighted by Crippen LogP contribution is -2.37. The quantitative estimate of drug-likeness (QED) is 0.557. The van der Waals surface area contributed by atoms with Gasteiger partial charge in [-0.1, -0.05) is 66.2 Å². The second-order valence-electron chi connectivity index (χ2n) is 8.81. The summed E-state index contributed by atoms with van der Waals surface area (Å²) < 4.78 is 6.92. The minimum absolute atomic E-state index is 0.0307. The Morgan fingerprint density at radius 1 is 0.900 bits per heavy atom. The molecule has 0 saturated heterocycles. The minimum atomic E-state index is -0.616. The van der Waals surface area contributed by atoms with Crippen LogP contribution in [0.2, 0.25) is 0 Å². The van der Waals surface area contributed by atoms with Gasteiger partial charge >= 0.3 is 0 Å². The Bertz CT molecular complexity index is 1220. The number of rotatable bonds is 1. The molecule has 0 bridgehead atoms. The summed E-state index contributed by atoms with van der Waals surface area (Å²) in [6.07, 6.45) is 0.916. The van der Waals surface area contributed by atoms with E-state index < -0.39 is 5.92 Å². The van der Waals surface area contributed by atoms with Gasteiger partial charge in [-0.15, -0.1) is 0 Å². The van der Waals surface area contributed by atoms with E-state index in [2.05, 4.69) is 15.9 Å². The Morgan fingerprint density at radius 2 is 1.60 bits per heavy atom. The number of hydrogen-bond acceptors (Lipinski definition) is 4. The number of hydrogen-bond donors (Lipinski definition) is 0. The highest BCUT2D eigenvalue weighted by Gasteiger charge is 2.48. The maximum atomic E-state index is 13.5. The number of benzene rings is 2. The minimum Gasteiger partial charge on any atom is -0.457 e. The molecule has 0 spiro atoms. The van der Waals surface area contributed by atoms with Gasteiger partial charge in [-0.25, -0.2) is 0 Å². The van der Waals surface area contributed by atoms with Crippen LogP contribution in [0.4, 0.5) is 0 Å². The van der Waals surface area contributed by atoms with Crippen LogP contribution in [0.5, 0.6) is 0 Å². The first-order chi connectivity index (χ1) is 14.3. The molecule has 2 aromatic carbocycles. The molecule has 0 aromatic heterocycles. The van der Waals surface area contributed by atoms with Gasteiger partial charge in [0.05, 0.1) is 5.57 Å². The number of ether oxygens (including phenoxy) is 1. The average molecular weight is 463 g/mol. The second-order valence-corrected chi connectivity index (χ2v) is 9.73. The SMILES string of the molecule is CC1(C)CC(=O)C2=C(C1)OC1=C(C(=O)c3ccccc3C1=O)C2c1cccc(Br)c1.